The SMILES string of the molecule is CN1CCN(c2ncc(-c3ccc(C(=O)Oc4ccc(Cl)cc4)cc3)cc2C(F)(F)F)CC1. The summed E-state index contributed by atoms with van der Waals surface area (Å²) in [7, 11) is 1.94. The van der Waals surface area contributed by atoms with Crippen LogP contribution in [0.15, 0.2) is 60.8 Å². The van der Waals surface area contributed by atoms with E-state index in [0.29, 0.717) is 48.1 Å². The molecule has 1 aromatic heterocycles. The molecule has 1 fully saturated rings. The first-order chi connectivity index (χ1) is 15.7. The number of anilines is 1. The van der Waals surface area contributed by atoms with Crippen LogP contribution in [0.5, 0.6) is 5.75 Å². The molecule has 0 amide bonds. The lowest BCUT2D eigenvalue weighted by atomic mass is 10.0. The number of nitrogens with zero attached hydrogens (tertiary/aromatic N) is 3. The van der Waals surface area contributed by atoms with E-state index in [2.05, 4.69) is 9.88 Å². The van der Waals surface area contributed by atoms with Gasteiger partial charge in [0.1, 0.15) is 11.6 Å². The molecular formula is C24H21ClF3N3O2. The molecule has 0 spiro atoms. The van der Waals surface area contributed by atoms with Crippen LogP contribution < -0.4 is 9.64 Å². The summed E-state index contributed by atoms with van der Waals surface area (Å²) in [5.74, 6) is -0.294. The molecule has 9 heteroatoms. The number of esters is 1. The monoisotopic (exact) mass is 475 g/mol. The highest BCUT2D eigenvalue weighted by atomic mass is 35.5. The van der Waals surface area contributed by atoms with Gasteiger partial charge in [0.15, 0.2) is 0 Å². The van der Waals surface area contributed by atoms with Gasteiger partial charge in [0.2, 0.25) is 0 Å². The van der Waals surface area contributed by atoms with Gasteiger partial charge in [-0.2, -0.15) is 13.2 Å². The number of alkyl halides is 3. The van der Waals surface area contributed by atoms with Gasteiger partial charge in [-0.15, -0.1) is 0 Å². The summed E-state index contributed by atoms with van der Waals surface area (Å²) < 4.78 is 46.8. The summed E-state index contributed by atoms with van der Waals surface area (Å²) in [5.41, 5.74) is 0.335. The van der Waals surface area contributed by atoms with Crippen molar-refractivity contribution in [2.24, 2.45) is 0 Å². The van der Waals surface area contributed by atoms with Crippen LogP contribution >= 0.6 is 11.6 Å². The highest BCUT2D eigenvalue weighted by molar-refractivity contribution is 6.30. The van der Waals surface area contributed by atoms with Gasteiger partial charge in [0.25, 0.3) is 0 Å². The molecule has 0 bridgehead atoms. The second-order valence-electron chi connectivity index (χ2n) is 7.80. The number of benzene rings is 2. The van der Waals surface area contributed by atoms with Gasteiger partial charge < -0.3 is 14.5 Å². The van der Waals surface area contributed by atoms with Crippen molar-refractivity contribution in [3.05, 3.63) is 76.9 Å². The second kappa shape index (κ2) is 9.41. The van der Waals surface area contributed by atoms with Crippen LogP contribution in [0.4, 0.5) is 19.0 Å². The van der Waals surface area contributed by atoms with E-state index in [0.717, 1.165) is 6.07 Å². The molecule has 3 aromatic rings. The third kappa shape index (κ3) is 5.46. The van der Waals surface area contributed by atoms with Crippen LogP contribution in [0.3, 0.4) is 0 Å². The number of ether oxygens (including phenoxy) is 1. The summed E-state index contributed by atoms with van der Waals surface area (Å²) in [6, 6.07) is 13.6. The van der Waals surface area contributed by atoms with E-state index in [9.17, 15) is 18.0 Å². The van der Waals surface area contributed by atoms with Crippen LogP contribution in [0.1, 0.15) is 15.9 Å². The van der Waals surface area contributed by atoms with E-state index >= 15 is 0 Å². The fourth-order valence-electron chi connectivity index (χ4n) is 3.56. The second-order valence-corrected chi connectivity index (χ2v) is 8.24. The molecule has 0 saturated carbocycles. The Morgan fingerprint density at radius 1 is 0.970 bits per heavy atom. The van der Waals surface area contributed by atoms with Crippen molar-refractivity contribution in [3.63, 3.8) is 0 Å². The molecule has 0 atom stereocenters. The molecule has 33 heavy (non-hydrogen) atoms. The minimum absolute atomic E-state index is 0.0532. The number of rotatable bonds is 4. The molecular weight excluding hydrogens is 455 g/mol. The first kappa shape index (κ1) is 23.1. The van der Waals surface area contributed by atoms with Crippen molar-refractivity contribution in [1.82, 2.24) is 9.88 Å². The van der Waals surface area contributed by atoms with Gasteiger partial charge in [-0.1, -0.05) is 23.7 Å². The number of halogens is 4. The van der Waals surface area contributed by atoms with E-state index in [4.69, 9.17) is 16.3 Å². The molecule has 0 aliphatic carbocycles. The van der Waals surface area contributed by atoms with E-state index in [1.165, 1.54) is 18.3 Å². The summed E-state index contributed by atoms with van der Waals surface area (Å²) >= 11 is 5.82. The Bertz CT molecular complexity index is 1130. The Morgan fingerprint density at radius 3 is 2.21 bits per heavy atom. The fourth-order valence-corrected chi connectivity index (χ4v) is 3.69. The zero-order valence-electron chi connectivity index (χ0n) is 17.8. The van der Waals surface area contributed by atoms with E-state index in [1.807, 2.05) is 7.05 Å². The van der Waals surface area contributed by atoms with E-state index < -0.39 is 17.7 Å². The summed E-state index contributed by atoms with van der Waals surface area (Å²) in [6.45, 7) is 2.31. The maximum absolute atomic E-state index is 13.8. The van der Waals surface area contributed by atoms with Crippen molar-refractivity contribution >= 4 is 23.4 Å². The Balaban J connectivity index is 1.56. The zero-order valence-corrected chi connectivity index (χ0v) is 18.5. The number of carbonyl (C=O) groups excluding carboxylic acids is 1. The van der Waals surface area contributed by atoms with Gasteiger partial charge in [0, 0.05) is 43.0 Å². The summed E-state index contributed by atoms with van der Waals surface area (Å²) in [4.78, 5) is 20.3. The van der Waals surface area contributed by atoms with Gasteiger partial charge in [-0.25, -0.2) is 9.78 Å². The number of aromatic nitrogens is 1. The highest BCUT2D eigenvalue weighted by Crippen LogP contribution is 2.38. The first-order valence-electron chi connectivity index (χ1n) is 10.3. The van der Waals surface area contributed by atoms with Crippen LogP contribution in [0, 0.1) is 0 Å². The number of carbonyl (C=O) groups is 1. The molecule has 0 unspecified atom stereocenters. The van der Waals surface area contributed by atoms with Crippen molar-refractivity contribution < 1.29 is 22.7 Å². The average molecular weight is 476 g/mol. The molecule has 4 rings (SSSR count). The largest absolute Gasteiger partial charge is 0.423 e. The van der Waals surface area contributed by atoms with Gasteiger partial charge in [-0.3, -0.25) is 0 Å². The van der Waals surface area contributed by atoms with Crippen LogP contribution in [0.2, 0.25) is 5.02 Å². The summed E-state index contributed by atoms with van der Waals surface area (Å²) in [5, 5.41) is 0.518. The molecule has 0 N–H and O–H groups in total. The number of likely N-dealkylation sites (N-methyl/N-ethyl adjacent to an activating group) is 1. The third-order valence-corrected chi connectivity index (χ3v) is 5.70. The molecule has 2 heterocycles. The maximum atomic E-state index is 13.8. The lowest BCUT2D eigenvalue weighted by molar-refractivity contribution is -0.137. The molecule has 172 valence electrons. The third-order valence-electron chi connectivity index (χ3n) is 5.45. The predicted molar refractivity (Wildman–Crippen MR) is 121 cm³/mol. The number of pyridine rings is 1. The Morgan fingerprint density at radius 2 is 1.61 bits per heavy atom. The number of hydrogen-bond donors (Lipinski definition) is 0. The number of piperazine rings is 1. The van der Waals surface area contributed by atoms with Gasteiger partial charge in [-0.05, 0) is 55.1 Å². The van der Waals surface area contributed by atoms with Crippen LogP contribution in [0.25, 0.3) is 11.1 Å². The van der Waals surface area contributed by atoms with Crippen molar-refractivity contribution in [2.45, 2.75) is 6.18 Å². The van der Waals surface area contributed by atoms with Crippen molar-refractivity contribution in [1.29, 1.82) is 0 Å². The standard InChI is InChI=1S/C24H21ClF3N3O2/c1-30-10-12-31(13-11-30)22-21(24(26,27)28)14-18(15-29-22)16-2-4-17(5-3-16)23(32)33-20-8-6-19(25)7-9-20/h2-9,14-15H,10-13H2,1H3. The molecule has 1 aliphatic rings. The highest BCUT2D eigenvalue weighted by Gasteiger charge is 2.37. The zero-order chi connectivity index (χ0) is 23.6. The molecule has 1 aliphatic heterocycles. The Labute approximate surface area is 194 Å². The van der Waals surface area contributed by atoms with Gasteiger partial charge in [0.05, 0.1) is 11.1 Å². The predicted octanol–water partition coefficient (Wildman–Crippen LogP) is 5.39. The molecule has 0 radical (unpaired) electrons. The van der Waals surface area contributed by atoms with Crippen molar-refractivity contribution in [2.75, 3.05) is 38.1 Å². The normalized spacial score (nSPS) is 14.9. The van der Waals surface area contributed by atoms with E-state index in [1.54, 1.807) is 41.3 Å². The first-order valence-corrected chi connectivity index (χ1v) is 10.7. The number of hydrogen-bond acceptors (Lipinski definition) is 5. The van der Waals surface area contributed by atoms with Gasteiger partial charge >= 0.3 is 12.1 Å². The maximum Gasteiger partial charge on any atom is 0.419 e. The topological polar surface area (TPSA) is 45.7 Å². The Hall–Kier alpha value is -3.10. The molecule has 1 saturated heterocycles. The smallest absolute Gasteiger partial charge is 0.419 e. The molecule has 5 nitrogen and oxygen atoms in total. The van der Waals surface area contributed by atoms with Crippen LogP contribution in [-0.2, 0) is 6.18 Å². The minimum atomic E-state index is -4.54. The minimum Gasteiger partial charge on any atom is -0.423 e. The quantitative estimate of drug-likeness (QED) is 0.374. The Kier molecular flexibility index (Phi) is 6.58. The average Bonchev–Trinajstić information content (AvgIpc) is 2.80. The van der Waals surface area contributed by atoms with Crippen molar-refractivity contribution in [3.8, 4) is 16.9 Å². The lowest BCUT2D eigenvalue weighted by Crippen LogP contribution is -2.45. The van der Waals surface area contributed by atoms with Crippen LogP contribution in [-0.4, -0.2) is 49.1 Å². The molecule has 2 aromatic carbocycles. The van der Waals surface area contributed by atoms with E-state index in [-0.39, 0.29) is 11.4 Å². The lowest BCUT2D eigenvalue weighted by Gasteiger charge is -2.34. The fraction of sp³-hybridized carbons (Fsp3) is 0.250. The summed E-state index contributed by atoms with van der Waals surface area (Å²) in [6.07, 6.45) is -3.10.